The Balaban J connectivity index is 3.69. The zero-order chi connectivity index (χ0) is 41.5. The summed E-state index contributed by atoms with van der Waals surface area (Å²) in [5.74, 6) is -0.519. The van der Waals surface area contributed by atoms with Crippen molar-refractivity contribution in [2.45, 2.75) is 270 Å². The second-order valence-corrected chi connectivity index (χ2v) is 17.0. The third kappa shape index (κ3) is 42.2. The quantitative estimate of drug-likeness (QED) is 0.0365. The number of aliphatic hydroxyl groups excluding tert-OH is 3. The van der Waals surface area contributed by atoms with Crippen LogP contribution < -0.4 is 5.32 Å². The van der Waals surface area contributed by atoms with Crippen LogP contribution in [0.1, 0.15) is 251 Å². The van der Waals surface area contributed by atoms with Gasteiger partial charge in [-0.15, -0.1) is 0 Å². The molecule has 0 saturated carbocycles. The maximum Gasteiger partial charge on any atom is 0.249 e. The fourth-order valence-corrected chi connectivity index (χ4v) is 7.45. The molecule has 1 amide bonds. The molecule has 0 aliphatic heterocycles. The highest BCUT2D eigenvalue weighted by molar-refractivity contribution is 5.80. The van der Waals surface area contributed by atoms with Gasteiger partial charge in [-0.1, -0.05) is 229 Å². The lowest BCUT2D eigenvalue weighted by molar-refractivity contribution is -0.131. The first kappa shape index (κ1) is 55.3. The van der Waals surface area contributed by atoms with Crippen LogP contribution in [0.4, 0.5) is 0 Å². The van der Waals surface area contributed by atoms with Crippen molar-refractivity contribution in [2.75, 3.05) is 6.61 Å². The maximum absolute atomic E-state index is 12.5. The predicted octanol–water partition coefficient (Wildman–Crippen LogP) is 14.9. The predicted molar refractivity (Wildman–Crippen MR) is 250 cm³/mol. The van der Waals surface area contributed by atoms with Crippen molar-refractivity contribution in [3.63, 3.8) is 0 Å². The number of carbonyl (C=O) groups is 1. The Hall–Kier alpha value is -1.69. The number of aliphatic hydroxyl groups is 3. The molecule has 57 heavy (non-hydrogen) atoms. The highest BCUT2D eigenvalue weighted by Crippen LogP contribution is 2.15. The summed E-state index contributed by atoms with van der Waals surface area (Å²) in [6, 6.07) is -0.823. The van der Waals surface area contributed by atoms with E-state index in [2.05, 4.69) is 55.6 Å². The molecule has 0 aromatic carbocycles. The van der Waals surface area contributed by atoms with E-state index < -0.39 is 24.2 Å². The number of hydrogen-bond acceptors (Lipinski definition) is 4. The van der Waals surface area contributed by atoms with Crippen LogP contribution in [0.25, 0.3) is 0 Å². The van der Waals surface area contributed by atoms with Gasteiger partial charge >= 0.3 is 0 Å². The summed E-state index contributed by atoms with van der Waals surface area (Å²) < 4.78 is 0. The van der Waals surface area contributed by atoms with E-state index in [1.54, 1.807) is 6.08 Å². The van der Waals surface area contributed by atoms with E-state index in [-0.39, 0.29) is 6.61 Å². The molecule has 4 N–H and O–H groups in total. The van der Waals surface area contributed by atoms with E-state index in [0.29, 0.717) is 6.42 Å². The minimum absolute atomic E-state index is 0.383. The lowest BCUT2D eigenvalue weighted by atomic mass is 10.0. The van der Waals surface area contributed by atoms with Crippen LogP contribution in [0.5, 0.6) is 0 Å². The summed E-state index contributed by atoms with van der Waals surface area (Å²) in [6.07, 6.45) is 61.6. The minimum Gasteiger partial charge on any atom is -0.394 e. The number of hydrogen-bond donors (Lipinski definition) is 4. The van der Waals surface area contributed by atoms with Crippen molar-refractivity contribution in [2.24, 2.45) is 0 Å². The number of rotatable bonds is 45. The molecule has 0 aliphatic carbocycles. The first-order chi connectivity index (χ1) is 28.1. The SMILES string of the molecule is CCCCCCCCCCC/C=C/CC/C=C/CC/C=C/C(O)C(CO)NC(=O)C(O)CCCCCCCCCC/C=C\CCCCCCCCCCCCCC. The minimum atomic E-state index is -1.11. The molecule has 0 aromatic rings. The van der Waals surface area contributed by atoms with Gasteiger partial charge in [0.1, 0.15) is 6.10 Å². The Bertz CT molecular complexity index is 927. The summed E-state index contributed by atoms with van der Waals surface area (Å²) in [4.78, 5) is 12.5. The summed E-state index contributed by atoms with van der Waals surface area (Å²) >= 11 is 0. The smallest absolute Gasteiger partial charge is 0.249 e. The van der Waals surface area contributed by atoms with Gasteiger partial charge in [0.05, 0.1) is 18.8 Å². The van der Waals surface area contributed by atoms with Crippen molar-refractivity contribution >= 4 is 5.91 Å². The van der Waals surface area contributed by atoms with Gasteiger partial charge in [0.2, 0.25) is 5.91 Å². The number of nitrogens with one attached hydrogen (secondary N) is 1. The zero-order valence-electron chi connectivity index (χ0n) is 38.0. The fourth-order valence-electron chi connectivity index (χ4n) is 7.45. The molecule has 334 valence electrons. The lowest BCUT2D eigenvalue weighted by Gasteiger charge is -2.21. The Kier molecular flexibility index (Phi) is 45.6. The monoisotopic (exact) mass is 800 g/mol. The Morgan fingerprint density at radius 2 is 0.719 bits per heavy atom. The zero-order valence-corrected chi connectivity index (χ0v) is 38.0. The number of amides is 1. The average molecular weight is 800 g/mol. The molecule has 0 spiro atoms. The fraction of sp³-hybridized carbons (Fsp3) is 0.827. The summed E-state index contributed by atoms with van der Waals surface area (Å²) in [5.41, 5.74) is 0. The van der Waals surface area contributed by atoms with E-state index in [4.69, 9.17) is 0 Å². The van der Waals surface area contributed by atoms with Gasteiger partial charge in [0.25, 0.3) is 0 Å². The highest BCUT2D eigenvalue weighted by atomic mass is 16.3. The van der Waals surface area contributed by atoms with E-state index in [9.17, 15) is 20.1 Å². The van der Waals surface area contributed by atoms with Crippen LogP contribution in [0, 0.1) is 0 Å². The van der Waals surface area contributed by atoms with Gasteiger partial charge in [0.15, 0.2) is 0 Å². The molecular formula is C52H97NO4. The maximum atomic E-state index is 12.5. The average Bonchev–Trinajstić information content (AvgIpc) is 3.22. The highest BCUT2D eigenvalue weighted by Gasteiger charge is 2.22. The van der Waals surface area contributed by atoms with E-state index in [0.717, 1.165) is 44.9 Å². The van der Waals surface area contributed by atoms with Crippen LogP contribution in [0.3, 0.4) is 0 Å². The van der Waals surface area contributed by atoms with Crippen molar-refractivity contribution in [3.05, 3.63) is 48.6 Å². The second kappa shape index (κ2) is 47.0. The molecule has 0 rings (SSSR count). The molecule has 5 heteroatoms. The normalized spacial score (nSPS) is 13.8. The first-order valence-corrected chi connectivity index (χ1v) is 25.0. The van der Waals surface area contributed by atoms with E-state index >= 15 is 0 Å². The summed E-state index contributed by atoms with van der Waals surface area (Å²) in [6.45, 7) is 4.18. The molecule has 3 atom stereocenters. The summed E-state index contributed by atoms with van der Waals surface area (Å²) in [7, 11) is 0. The Labute approximate surface area is 355 Å². The van der Waals surface area contributed by atoms with Gasteiger partial charge in [-0.05, 0) is 70.6 Å². The number of carbonyl (C=O) groups excluding carboxylic acids is 1. The van der Waals surface area contributed by atoms with Crippen molar-refractivity contribution in [3.8, 4) is 0 Å². The lowest BCUT2D eigenvalue weighted by Crippen LogP contribution is -2.48. The Morgan fingerprint density at radius 1 is 0.421 bits per heavy atom. The molecular weight excluding hydrogens is 703 g/mol. The largest absolute Gasteiger partial charge is 0.394 e. The van der Waals surface area contributed by atoms with E-state index in [1.807, 2.05) is 6.08 Å². The van der Waals surface area contributed by atoms with Crippen molar-refractivity contribution in [1.82, 2.24) is 5.32 Å². The summed E-state index contributed by atoms with van der Waals surface area (Å²) in [5, 5.41) is 33.2. The molecule has 0 aromatic heterocycles. The van der Waals surface area contributed by atoms with Gasteiger partial charge < -0.3 is 20.6 Å². The molecule has 3 unspecified atom stereocenters. The topological polar surface area (TPSA) is 89.8 Å². The molecule has 0 fully saturated rings. The molecule has 0 bridgehead atoms. The number of allylic oxidation sites excluding steroid dienone is 7. The van der Waals surface area contributed by atoms with Gasteiger partial charge in [-0.2, -0.15) is 0 Å². The first-order valence-electron chi connectivity index (χ1n) is 25.0. The van der Waals surface area contributed by atoms with Crippen LogP contribution in [-0.2, 0) is 4.79 Å². The van der Waals surface area contributed by atoms with E-state index in [1.165, 1.54) is 186 Å². The van der Waals surface area contributed by atoms with Crippen LogP contribution in [-0.4, -0.2) is 46.1 Å². The van der Waals surface area contributed by atoms with Gasteiger partial charge in [-0.25, -0.2) is 0 Å². The van der Waals surface area contributed by atoms with Crippen molar-refractivity contribution < 1.29 is 20.1 Å². The molecule has 0 aliphatic rings. The van der Waals surface area contributed by atoms with Gasteiger partial charge in [-0.3, -0.25) is 4.79 Å². The van der Waals surface area contributed by atoms with Crippen LogP contribution in [0.15, 0.2) is 48.6 Å². The third-order valence-corrected chi connectivity index (χ3v) is 11.4. The van der Waals surface area contributed by atoms with Crippen LogP contribution >= 0.6 is 0 Å². The van der Waals surface area contributed by atoms with Crippen LogP contribution in [0.2, 0.25) is 0 Å². The molecule has 0 radical (unpaired) electrons. The number of unbranched alkanes of at least 4 members (excludes halogenated alkanes) is 31. The van der Waals surface area contributed by atoms with Gasteiger partial charge in [0, 0.05) is 0 Å². The third-order valence-electron chi connectivity index (χ3n) is 11.4. The molecule has 0 saturated heterocycles. The molecule has 5 nitrogen and oxygen atoms in total. The Morgan fingerprint density at radius 3 is 1.07 bits per heavy atom. The van der Waals surface area contributed by atoms with Crippen molar-refractivity contribution in [1.29, 1.82) is 0 Å². The standard InChI is InChI=1S/C52H97NO4/c1-3-5-7-9-11-13-15-17-19-21-23-24-25-26-27-29-31-33-35-37-39-41-43-45-47-51(56)52(57)53-49(48-54)50(55)46-44-42-40-38-36-34-32-30-28-22-20-18-16-14-12-10-8-6-4-2/h26-28,30,36,38,44,46,49-51,54-56H,3-25,29,31-35,37,39-43,45,47-48H2,1-2H3,(H,53,57)/b27-26-,30-28+,38-36+,46-44+. The molecule has 0 heterocycles. The second-order valence-electron chi connectivity index (χ2n) is 17.0.